The van der Waals surface area contributed by atoms with Crippen molar-refractivity contribution in [2.75, 3.05) is 79.1 Å². The predicted molar refractivity (Wildman–Crippen MR) is 209 cm³/mol. The Morgan fingerprint density at radius 3 is 2.32 bits per heavy atom. The van der Waals surface area contributed by atoms with Gasteiger partial charge in [-0.25, -0.2) is 15.0 Å². The molecule has 272 valence electrons. The molecule has 13 nitrogen and oxygen atoms in total. The van der Waals surface area contributed by atoms with Gasteiger partial charge in [-0.2, -0.15) is 0 Å². The molecule has 5 aromatic rings. The number of aromatic nitrogens is 3. The maximum Gasteiger partial charge on any atom is 0.249 e. The number of imide groups is 1. The second-order valence-electron chi connectivity index (χ2n) is 14.1. The average Bonchev–Trinajstić information content (AvgIpc) is 3.16. The smallest absolute Gasteiger partial charge is 0.249 e. The lowest BCUT2D eigenvalue weighted by Gasteiger charge is -2.45. The summed E-state index contributed by atoms with van der Waals surface area (Å²) < 4.78 is 5.27. The molecule has 5 heterocycles. The lowest BCUT2D eigenvalue weighted by molar-refractivity contribution is -0.133. The Balaban J connectivity index is 0.798. The maximum absolute atomic E-state index is 12.1. The zero-order valence-electron chi connectivity index (χ0n) is 30.0. The van der Waals surface area contributed by atoms with Gasteiger partial charge in [-0.3, -0.25) is 19.8 Å². The van der Waals surface area contributed by atoms with E-state index in [1.54, 1.807) is 13.3 Å². The van der Waals surface area contributed by atoms with Gasteiger partial charge in [0.2, 0.25) is 23.6 Å². The molecule has 1 unspecified atom stereocenters. The first-order valence-electron chi connectivity index (χ1n) is 18.2. The number of hydrogen-bond donors (Lipinski definition) is 4. The van der Waals surface area contributed by atoms with Crippen LogP contribution < -0.4 is 36.2 Å². The monoisotopic (exact) mass is 712 g/mol. The number of methoxy groups -OCH3 is 1. The highest BCUT2D eigenvalue weighted by Gasteiger charge is 2.30. The van der Waals surface area contributed by atoms with Crippen LogP contribution in [0.1, 0.15) is 18.4 Å². The number of rotatable bonds is 10. The lowest BCUT2D eigenvalue weighted by atomic mass is 9.98. The Kier molecular flexibility index (Phi) is 9.40. The lowest BCUT2D eigenvalue weighted by Crippen LogP contribution is -2.55. The number of piperidine rings is 1. The molecule has 2 aromatic heterocycles. The van der Waals surface area contributed by atoms with Crippen LogP contribution in [0.5, 0.6) is 5.88 Å². The summed E-state index contributed by atoms with van der Waals surface area (Å²) in [7, 11) is 1.57. The minimum absolute atomic E-state index is 0.201. The molecule has 2 amide bonds. The highest BCUT2D eigenvalue weighted by molar-refractivity contribution is 6.01. The second kappa shape index (κ2) is 14.6. The first-order valence-corrected chi connectivity index (χ1v) is 18.2. The van der Waals surface area contributed by atoms with E-state index in [1.807, 2.05) is 43.5 Å². The molecule has 3 aliphatic rings. The molecular formula is C40H44N10O3. The number of nitrogen functional groups attached to an aromatic ring is 1. The third kappa shape index (κ3) is 7.38. The zero-order valence-corrected chi connectivity index (χ0v) is 30.0. The van der Waals surface area contributed by atoms with Crippen molar-refractivity contribution in [3.63, 3.8) is 0 Å². The topological polar surface area (TPSA) is 154 Å². The van der Waals surface area contributed by atoms with E-state index in [1.165, 1.54) is 11.4 Å². The van der Waals surface area contributed by atoms with Crippen LogP contribution in [0.2, 0.25) is 0 Å². The van der Waals surface area contributed by atoms with E-state index in [-0.39, 0.29) is 17.9 Å². The van der Waals surface area contributed by atoms with Gasteiger partial charge in [0.15, 0.2) is 0 Å². The molecule has 53 heavy (non-hydrogen) atoms. The molecule has 5 N–H and O–H groups in total. The summed E-state index contributed by atoms with van der Waals surface area (Å²) in [6.45, 7) is 9.25. The fourth-order valence-corrected chi connectivity index (χ4v) is 7.44. The van der Waals surface area contributed by atoms with Crippen LogP contribution >= 0.6 is 0 Å². The van der Waals surface area contributed by atoms with Crippen LogP contribution in [0.15, 0.2) is 79.1 Å². The first-order chi connectivity index (χ1) is 25.8. The number of nitrogens with zero attached hydrogens (tertiary/aromatic N) is 6. The molecule has 13 heteroatoms. The van der Waals surface area contributed by atoms with E-state index in [9.17, 15) is 9.59 Å². The molecule has 0 spiro atoms. The number of fused-ring (bicyclic) bond motifs is 1. The summed E-state index contributed by atoms with van der Waals surface area (Å²) >= 11 is 0. The predicted octanol–water partition coefficient (Wildman–Crippen LogP) is 4.81. The van der Waals surface area contributed by atoms with Crippen LogP contribution in [0.4, 0.5) is 34.4 Å². The van der Waals surface area contributed by atoms with E-state index in [0.717, 1.165) is 84.8 Å². The van der Waals surface area contributed by atoms with Crippen LogP contribution in [-0.4, -0.2) is 90.6 Å². The summed E-state index contributed by atoms with van der Waals surface area (Å²) in [5.41, 5.74) is 14.7. The van der Waals surface area contributed by atoms with Crippen molar-refractivity contribution in [3.05, 3.63) is 84.7 Å². The summed E-state index contributed by atoms with van der Waals surface area (Å²) in [6, 6.07) is 22.4. The van der Waals surface area contributed by atoms with Crippen molar-refractivity contribution in [1.82, 2.24) is 25.2 Å². The van der Waals surface area contributed by atoms with Gasteiger partial charge in [-0.15, -0.1) is 0 Å². The Hall–Kier alpha value is -5.95. The second-order valence-corrected chi connectivity index (χ2v) is 14.1. The Morgan fingerprint density at radius 1 is 0.887 bits per heavy atom. The van der Waals surface area contributed by atoms with Crippen molar-refractivity contribution >= 4 is 57.1 Å². The van der Waals surface area contributed by atoms with E-state index < -0.39 is 0 Å². The summed E-state index contributed by atoms with van der Waals surface area (Å²) in [5.74, 6) is 1.16. The molecular weight excluding hydrogens is 669 g/mol. The molecule has 0 aliphatic carbocycles. The number of nitrogens with two attached hydrogens (primary N) is 1. The van der Waals surface area contributed by atoms with E-state index in [4.69, 9.17) is 15.5 Å². The van der Waals surface area contributed by atoms with Gasteiger partial charge in [0.05, 0.1) is 18.3 Å². The third-order valence-electron chi connectivity index (χ3n) is 10.6. The van der Waals surface area contributed by atoms with E-state index in [0.29, 0.717) is 36.3 Å². The number of benzene rings is 3. The van der Waals surface area contributed by atoms with Gasteiger partial charge in [0.1, 0.15) is 6.04 Å². The van der Waals surface area contributed by atoms with Gasteiger partial charge in [-0.1, -0.05) is 12.1 Å². The highest BCUT2D eigenvalue weighted by Crippen LogP contribution is 2.33. The van der Waals surface area contributed by atoms with Crippen LogP contribution in [-0.2, 0) is 9.59 Å². The molecule has 3 aromatic carbocycles. The SMILES string of the molecule is COc1ncc(-c2ccc3cnc(Nc4ccc(N5CC(CN6CCN(c7ccc(NC8CCC(=O)NC8=O)cc7)CC6)C5)cc4)nc3c2)c(C)c1N. The first kappa shape index (κ1) is 34.2. The molecule has 3 aliphatic heterocycles. The highest BCUT2D eigenvalue weighted by atomic mass is 16.5. The van der Waals surface area contributed by atoms with Gasteiger partial charge < -0.3 is 30.9 Å². The van der Waals surface area contributed by atoms with Crippen molar-refractivity contribution in [3.8, 4) is 17.0 Å². The van der Waals surface area contributed by atoms with E-state index in [2.05, 4.69) is 77.0 Å². The number of carbonyl (C=O) groups is 2. The maximum atomic E-state index is 12.1. The summed E-state index contributed by atoms with van der Waals surface area (Å²) in [4.78, 5) is 44.7. The molecule has 3 fully saturated rings. The van der Waals surface area contributed by atoms with Gasteiger partial charge in [0, 0.05) is 104 Å². The zero-order chi connectivity index (χ0) is 36.5. The van der Waals surface area contributed by atoms with E-state index >= 15 is 0 Å². The number of nitrogens with one attached hydrogen (secondary N) is 3. The molecule has 8 rings (SSSR count). The fraction of sp³-hybridized carbons (Fsp3) is 0.325. The minimum atomic E-state index is -0.371. The Bertz CT molecular complexity index is 2130. The van der Waals surface area contributed by atoms with Crippen molar-refractivity contribution in [2.24, 2.45) is 5.92 Å². The Morgan fingerprint density at radius 2 is 1.60 bits per heavy atom. The normalized spacial score (nSPS) is 18.1. The molecule has 0 saturated carbocycles. The molecule has 1 atom stereocenters. The number of anilines is 6. The van der Waals surface area contributed by atoms with Gasteiger partial charge in [-0.05, 0) is 79.1 Å². The standard InChI is InChI=1S/C40H44N10O3/c1-25-33(21-42-39(53-2)37(25)41)27-3-4-28-20-43-40(46-35(28)19-27)45-30-7-11-32(12-8-30)50-23-26(24-50)22-48-15-17-49(18-16-48)31-9-5-29(6-10-31)44-34-13-14-36(51)47-38(34)52/h3-12,19-21,26,34,44H,13-18,22-24,41H2,1-2H3,(H,43,45,46)(H,47,51,52). The number of piperazine rings is 1. The quantitative estimate of drug-likeness (QED) is 0.147. The van der Waals surface area contributed by atoms with Crippen molar-refractivity contribution in [2.45, 2.75) is 25.8 Å². The van der Waals surface area contributed by atoms with Gasteiger partial charge in [0.25, 0.3) is 0 Å². The number of carbonyl (C=O) groups excluding carboxylic acids is 2. The number of pyridine rings is 1. The van der Waals surface area contributed by atoms with Crippen LogP contribution in [0.3, 0.4) is 0 Å². The van der Waals surface area contributed by atoms with Gasteiger partial charge >= 0.3 is 0 Å². The van der Waals surface area contributed by atoms with Crippen molar-refractivity contribution in [1.29, 1.82) is 0 Å². The minimum Gasteiger partial charge on any atom is -0.480 e. The third-order valence-corrected chi connectivity index (χ3v) is 10.6. The largest absolute Gasteiger partial charge is 0.480 e. The van der Waals surface area contributed by atoms with Crippen molar-refractivity contribution < 1.29 is 14.3 Å². The Labute approximate surface area is 308 Å². The molecule has 3 saturated heterocycles. The number of ether oxygens (including phenoxy) is 1. The summed E-state index contributed by atoms with van der Waals surface area (Å²) in [6.07, 6.45) is 4.50. The average molecular weight is 713 g/mol. The van der Waals surface area contributed by atoms with Crippen LogP contribution in [0, 0.1) is 12.8 Å². The van der Waals surface area contributed by atoms with Crippen LogP contribution in [0.25, 0.3) is 22.0 Å². The fourth-order valence-electron chi connectivity index (χ4n) is 7.44. The summed E-state index contributed by atoms with van der Waals surface area (Å²) in [5, 5.41) is 9.97. The number of hydrogen-bond acceptors (Lipinski definition) is 12. The molecule has 0 bridgehead atoms. The molecule has 0 radical (unpaired) electrons. The number of amides is 2.